The van der Waals surface area contributed by atoms with Gasteiger partial charge in [0, 0.05) is 25.2 Å². The molecule has 0 spiro atoms. The summed E-state index contributed by atoms with van der Waals surface area (Å²) in [6.45, 7) is 6.20. The van der Waals surface area contributed by atoms with Crippen LogP contribution in [0.1, 0.15) is 13.8 Å². The van der Waals surface area contributed by atoms with Gasteiger partial charge in [0.2, 0.25) is 0 Å². The minimum absolute atomic E-state index is 0.103. The molecule has 1 N–H and O–H groups in total. The molecule has 0 aromatic rings. The van der Waals surface area contributed by atoms with Crippen molar-refractivity contribution in [2.75, 3.05) is 26.2 Å². The fourth-order valence-electron chi connectivity index (χ4n) is 1.53. The van der Waals surface area contributed by atoms with Crippen LogP contribution in [-0.2, 0) is 0 Å². The fourth-order valence-corrected chi connectivity index (χ4v) is 1.53. The van der Waals surface area contributed by atoms with Gasteiger partial charge < -0.3 is 5.32 Å². The van der Waals surface area contributed by atoms with Crippen LogP contribution in [0, 0.1) is 0 Å². The zero-order valence-corrected chi connectivity index (χ0v) is 7.61. The Bertz CT molecular complexity index is 148. The summed E-state index contributed by atoms with van der Waals surface area (Å²) in [7, 11) is 0. The molecule has 0 saturated carbocycles. The van der Waals surface area contributed by atoms with E-state index in [0.717, 1.165) is 19.6 Å². The largest absolute Gasteiger partial charge is 0.314 e. The highest BCUT2D eigenvalue weighted by atomic mass is 19.3. The van der Waals surface area contributed by atoms with Crippen molar-refractivity contribution in [2.45, 2.75) is 25.8 Å². The van der Waals surface area contributed by atoms with Crippen LogP contribution in [0.3, 0.4) is 0 Å². The third-order valence-electron chi connectivity index (χ3n) is 2.33. The maximum absolute atomic E-state index is 12.1. The van der Waals surface area contributed by atoms with E-state index in [4.69, 9.17) is 0 Å². The van der Waals surface area contributed by atoms with Gasteiger partial charge in [-0.05, 0) is 13.8 Å². The van der Waals surface area contributed by atoms with Crippen molar-refractivity contribution in [1.82, 2.24) is 10.2 Å². The molecule has 0 aromatic carbocycles. The highest BCUT2D eigenvalue weighted by Crippen LogP contribution is 2.17. The predicted molar refractivity (Wildman–Crippen MR) is 44.5 cm³/mol. The normalized spacial score (nSPS) is 24.8. The molecule has 12 heavy (non-hydrogen) atoms. The maximum Gasteiger partial charge on any atom is 0.251 e. The van der Waals surface area contributed by atoms with Crippen LogP contribution >= 0.6 is 0 Å². The molecule has 1 heterocycles. The lowest BCUT2D eigenvalue weighted by Gasteiger charge is -2.42. The molecule has 0 aromatic heterocycles. The van der Waals surface area contributed by atoms with Crippen LogP contribution in [0.15, 0.2) is 0 Å². The van der Waals surface area contributed by atoms with Crippen molar-refractivity contribution in [2.24, 2.45) is 0 Å². The van der Waals surface area contributed by atoms with Gasteiger partial charge in [-0.1, -0.05) is 0 Å². The molecule has 0 bridgehead atoms. The summed E-state index contributed by atoms with van der Waals surface area (Å²) in [6, 6.07) is 0. The number of hydrogen-bond donors (Lipinski definition) is 1. The Kier molecular flexibility index (Phi) is 3.01. The Morgan fingerprint density at radius 1 is 1.50 bits per heavy atom. The van der Waals surface area contributed by atoms with Gasteiger partial charge in [-0.2, -0.15) is 0 Å². The molecule has 1 aliphatic heterocycles. The van der Waals surface area contributed by atoms with Gasteiger partial charge in [0.05, 0.1) is 6.54 Å². The summed E-state index contributed by atoms with van der Waals surface area (Å²) in [5.41, 5.74) is -0.130. The number of halogens is 2. The van der Waals surface area contributed by atoms with E-state index in [-0.39, 0.29) is 12.1 Å². The standard InChI is InChI=1S/C8H16F2N2/c1-8(2)6-11-3-4-12(8)5-7(9)10/h7,11H,3-6H2,1-2H3. The van der Waals surface area contributed by atoms with Crippen LogP contribution in [0.25, 0.3) is 0 Å². The second-order valence-electron chi connectivity index (χ2n) is 3.83. The molecule has 4 heteroatoms. The zero-order valence-electron chi connectivity index (χ0n) is 7.61. The van der Waals surface area contributed by atoms with Gasteiger partial charge in [-0.3, -0.25) is 4.90 Å². The Labute approximate surface area is 71.9 Å². The summed E-state index contributed by atoms with van der Waals surface area (Å²) >= 11 is 0. The minimum atomic E-state index is -2.22. The summed E-state index contributed by atoms with van der Waals surface area (Å²) in [5.74, 6) is 0. The van der Waals surface area contributed by atoms with E-state index < -0.39 is 6.43 Å². The first kappa shape index (κ1) is 9.86. The summed E-state index contributed by atoms with van der Waals surface area (Å²) in [4.78, 5) is 1.84. The minimum Gasteiger partial charge on any atom is -0.314 e. The third-order valence-corrected chi connectivity index (χ3v) is 2.33. The topological polar surface area (TPSA) is 15.3 Å². The average molecular weight is 178 g/mol. The molecule has 0 radical (unpaired) electrons. The van der Waals surface area contributed by atoms with E-state index in [2.05, 4.69) is 5.32 Å². The molecule has 1 aliphatic rings. The van der Waals surface area contributed by atoms with Crippen LogP contribution < -0.4 is 5.32 Å². The summed E-state index contributed by atoms with van der Waals surface area (Å²) in [5, 5.41) is 3.19. The van der Waals surface area contributed by atoms with E-state index in [1.807, 2.05) is 18.7 Å². The molecule has 72 valence electrons. The molecular formula is C8H16F2N2. The maximum atomic E-state index is 12.1. The fraction of sp³-hybridized carbons (Fsp3) is 1.00. The molecule has 0 unspecified atom stereocenters. The van der Waals surface area contributed by atoms with Crippen molar-refractivity contribution in [3.8, 4) is 0 Å². The van der Waals surface area contributed by atoms with Crippen molar-refractivity contribution < 1.29 is 8.78 Å². The lowest BCUT2D eigenvalue weighted by molar-refractivity contribution is 0.0203. The SMILES string of the molecule is CC1(C)CNCCN1CC(F)F. The van der Waals surface area contributed by atoms with Gasteiger partial charge in [-0.25, -0.2) is 8.78 Å². The first-order valence-corrected chi connectivity index (χ1v) is 4.26. The molecule has 1 saturated heterocycles. The lowest BCUT2D eigenvalue weighted by Crippen LogP contribution is -2.58. The Balaban J connectivity index is 2.48. The number of piperazine rings is 1. The van der Waals surface area contributed by atoms with Gasteiger partial charge in [0.25, 0.3) is 6.43 Å². The Hall–Kier alpha value is -0.220. The van der Waals surface area contributed by atoms with E-state index in [9.17, 15) is 8.78 Å². The van der Waals surface area contributed by atoms with E-state index in [0.29, 0.717) is 0 Å². The quantitative estimate of drug-likeness (QED) is 0.677. The molecule has 1 fully saturated rings. The summed E-state index contributed by atoms with van der Waals surface area (Å²) in [6.07, 6.45) is -2.22. The summed E-state index contributed by atoms with van der Waals surface area (Å²) < 4.78 is 24.2. The van der Waals surface area contributed by atoms with Crippen LogP contribution in [0.2, 0.25) is 0 Å². The van der Waals surface area contributed by atoms with Crippen molar-refractivity contribution in [3.05, 3.63) is 0 Å². The van der Waals surface area contributed by atoms with Gasteiger partial charge in [0.15, 0.2) is 0 Å². The van der Waals surface area contributed by atoms with E-state index >= 15 is 0 Å². The first-order chi connectivity index (χ1) is 5.52. The second kappa shape index (κ2) is 3.66. The number of nitrogens with zero attached hydrogens (tertiary/aromatic N) is 1. The average Bonchev–Trinajstić information content (AvgIpc) is 1.92. The lowest BCUT2D eigenvalue weighted by atomic mass is 10.0. The van der Waals surface area contributed by atoms with Crippen molar-refractivity contribution >= 4 is 0 Å². The number of rotatable bonds is 2. The van der Waals surface area contributed by atoms with Crippen molar-refractivity contribution in [1.29, 1.82) is 0 Å². The van der Waals surface area contributed by atoms with Crippen LogP contribution in [-0.4, -0.2) is 43.0 Å². The van der Waals surface area contributed by atoms with Crippen molar-refractivity contribution in [3.63, 3.8) is 0 Å². The third kappa shape index (κ3) is 2.38. The van der Waals surface area contributed by atoms with E-state index in [1.54, 1.807) is 0 Å². The zero-order chi connectivity index (χ0) is 9.19. The molecule has 2 nitrogen and oxygen atoms in total. The van der Waals surface area contributed by atoms with Gasteiger partial charge in [-0.15, -0.1) is 0 Å². The highest BCUT2D eigenvalue weighted by Gasteiger charge is 2.30. The smallest absolute Gasteiger partial charge is 0.251 e. The van der Waals surface area contributed by atoms with E-state index in [1.165, 1.54) is 0 Å². The van der Waals surface area contributed by atoms with Gasteiger partial charge in [0.1, 0.15) is 0 Å². The predicted octanol–water partition coefficient (Wildman–Crippen LogP) is 0.935. The molecule has 1 rings (SSSR count). The second-order valence-corrected chi connectivity index (χ2v) is 3.83. The molecular weight excluding hydrogens is 162 g/mol. The first-order valence-electron chi connectivity index (χ1n) is 4.26. The number of nitrogens with one attached hydrogen (secondary N) is 1. The van der Waals surface area contributed by atoms with Crippen LogP contribution in [0.5, 0.6) is 0 Å². The number of hydrogen-bond acceptors (Lipinski definition) is 2. The Morgan fingerprint density at radius 3 is 2.67 bits per heavy atom. The molecule has 0 amide bonds. The number of alkyl halides is 2. The molecule has 0 aliphatic carbocycles. The Morgan fingerprint density at radius 2 is 2.17 bits per heavy atom. The van der Waals surface area contributed by atoms with Crippen LogP contribution in [0.4, 0.5) is 8.78 Å². The highest BCUT2D eigenvalue weighted by molar-refractivity contribution is 4.88. The molecule has 0 atom stereocenters. The monoisotopic (exact) mass is 178 g/mol. The van der Waals surface area contributed by atoms with Gasteiger partial charge >= 0.3 is 0 Å².